The molecule has 0 aromatic heterocycles. The summed E-state index contributed by atoms with van der Waals surface area (Å²) < 4.78 is 0. The first-order valence-corrected chi connectivity index (χ1v) is 8.64. The van der Waals surface area contributed by atoms with Crippen molar-refractivity contribution in [2.45, 2.75) is 19.8 Å². The van der Waals surface area contributed by atoms with Crippen molar-refractivity contribution in [2.75, 3.05) is 28.6 Å². The summed E-state index contributed by atoms with van der Waals surface area (Å²) in [6.07, 6.45) is 2.42. The highest BCUT2D eigenvalue weighted by Crippen LogP contribution is 2.22. The zero-order valence-electron chi connectivity index (χ0n) is 14.0. The molecule has 2 amide bonds. The second-order valence-corrected chi connectivity index (χ2v) is 6.52. The fourth-order valence-electron chi connectivity index (χ4n) is 2.78. The molecule has 0 unspecified atom stereocenters. The lowest BCUT2D eigenvalue weighted by atomic mass is 10.2. The van der Waals surface area contributed by atoms with Gasteiger partial charge in [-0.2, -0.15) is 0 Å². The second-order valence-electron chi connectivity index (χ2n) is 6.11. The van der Waals surface area contributed by atoms with Crippen molar-refractivity contribution in [3.8, 4) is 0 Å². The molecule has 130 valence electrons. The molecule has 0 saturated carbocycles. The third kappa shape index (κ3) is 4.31. The molecule has 1 aliphatic rings. The van der Waals surface area contributed by atoms with Crippen LogP contribution in [0.3, 0.4) is 0 Å². The van der Waals surface area contributed by atoms with Crippen LogP contribution >= 0.6 is 11.6 Å². The highest BCUT2D eigenvalue weighted by atomic mass is 35.5. The van der Waals surface area contributed by atoms with E-state index in [2.05, 4.69) is 15.5 Å². The molecule has 1 heterocycles. The van der Waals surface area contributed by atoms with Gasteiger partial charge in [-0.25, -0.2) is 0 Å². The van der Waals surface area contributed by atoms with Gasteiger partial charge in [-0.3, -0.25) is 9.59 Å². The van der Waals surface area contributed by atoms with E-state index in [1.54, 1.807) is 18.2 Å². The molecule has 3 rings (SSSR count). The normalized spacial score (nSPS) is 13.6. The van der Waals surface area contributed by atoms with E-state index < -0.39 is 11.8 Å². The lowest BCUT2D eigenvalue weighted by Gasteiger charge is -2.17. The number of hydrogen-bond acceptors (Lipinski definition) is 3. The van der Waals surface area contributed by atoms with Crippen molar-refractivity contribution in [1.29, 1.82) is 0 Å². The van der Waals surface area contributed by atoms with Crippen LogP contribution in [0.4, 0.5) is 17.1 Å². The molecule has 5 nitrogen and oxygen atoms in total. The van der Waals surface area contributed by atoms with E-state index >= 15 is 0 Å². The lowest BCUT2D eigenvalue weighted by molar-refractivity contribution is -0.132. The third-order valence-corrected chi connectivity index (χ3v) is 4.64. The Hall–Kier alpha value is -2.53. The third-order valence-electron chi connectivity index (χ3n) is 4.23. The molecule has 6 heteroatoms. The van der Waals surface area contributed by atoms with Gasteiger partial charge in [0.25, 0.3) is 0 Å². The standard InChI is InChI=1S/C19H20ClN3O2/c1-13-4-5-15(12-17(13)20)22-19(25)18(24)21-14-6-8-16(9-7-14)23-10-2-3-11-23/h4-9,12H,2-3,10-11H2,1H3,(H,21,24)(H,22,25). The first kappa shape index (κ1) is 17.3. The van der Waals surface area contributed by atoms with Gasteiger partial charge in [-0.1, -0.05) is 17.7 Å². The molecule has 0 atom stereocenters. The van der Waals surface area contributed by atoms with E-state index in [1.807, 2.05) is 31.2 Å². The SMILES string of the molecule is Cc1ccc(NC(=O)C(=O)Nc2ccc(N3CCCC3)cc2)cc1Cl. The highest BCUT2D eigenvalue weighted by molar-refractivity contribution is 6.43. The number of nitrogens with one attached hydrogen (secondary N) is 2. The zero-order valence-corrected chi connectivity index (χ0v) is 14.8. The Labute approximate surface area is 152 Å². The van der Waals surface area contributed by atoms with Crippen molar-refractivity contribution < 1.29 is 9.59 Å². The number of anilines is 3. The largest absolute Gasteiger partial charge is 0.372 e. The summed E-state index contributed by atoms with van der Waals surface area (Å²) in [5, 5.41) is 5.68. The quantitative estimate of drug-likeness (QED) is 0.821. The van der Waals surface area contributed by atoms with E-state index in [0.717, 1.165) is 24.3 Å². The molecule has 0 aliphatic carbocycles. The van der Waals surface area contributed by atoms with Gasteiger partial charge in [0.15, 0.2) is 0 Å². The Bertz CT molecular complexity index is 784. The number of benzene rings is 2. The number of halogens is 1. The molecule has 0 spiro atoms. The van der Waals surface area contributed by atoms with Gasteiger partial charge in [-0.05, 0) is 61.7 Å². The number of rotatable bonds is 3. The summed E-state index contributed by atoms with van der Waals surface area (Å²) in [4.78, 5) is 26.4. The maximum atomic E-state index is 12.0. The molecule has 2 aromatic carbocycles. The van der Waals surface area contributed by atoms with Gasteiger partial charge < -0.3 is 15.5 Å². The Balaban J connectivity index is 1.59. The number of carbonyl (C=O) groups is 2. The summed E-state index contributed by atoms with van der Waals surface area (Å²) >= 11 is 6.02. The molecule has 0 radical (unpaired) electrons. The van der Waals surface area contributed by atoms with Gasteiger partial charge in [0, 0.05) is 35.2 Å². The molecule has 1 saturated heterocycles. The van der Waals surface area contributed by atoms with Gasteiger partial charge in [-0.15, -0.1) is 0 Å². The molecule has 25 heavy (non-hydrogen) atoms. The predicted octanol–water partition coefficient (Wildman–Crippen LogP) is 3.83. The zero-order chi connectivity index (χ0) is 17.8. The van der Waals surface area contributed by atoms with Crippen molar-refractivity contribution in [3.05, 3.63) is 53.1 Å². The topological polar surface area (TPSA) is 61.4 Å². The Morgan fingerprint density at radius 3 is 2.08 bits per heavy atom. The number of amides is 2. The minimum atomic E-state index is -0.733. The molecule has 0 bridgehead atoms. The van der Waals surface area contributed by atoms with Crippen LogP contribution in [-0.4, -0.2) is 24.9 Å². The number of aryl methyl sites for hydroxylation is 1. The minimum absolute atomic E-state index is 0.486. The molecular formula is C19H20ClN3O2. The van der Waals surface area contributed by atoms with E-state index in [4.69, 9.17) is 11.6 Å². The summed E-state index contributed by atoms with van der Waals surface area (Å²) in [5.74, 6) is -1.45. The number of hydrogen-bond donors (Lipinski definition) is 2. The first-order valence-electron chi connectivity index (χ1n) is 8.26. The maximum absolute atomic E-state index is 12.0. The van der Waals surface area contributed by atoms with Crippen LogP contribution in [-0.2, 0) is 9.59 Å². The fourth-order valence-corrected chi connectivity index (χ4v) is 2.96. The Kier molecular flexibility index (Phi) is 5.24. The smallest absolute Gasteiger partial charge is 0.314 e. The van der Waals surface area contributed by atoms with Crippen LogP contribution in [0, 0.1) is 6.92 Å². The van der Waals surface area contributed by atoms with Gasteiger partial charge in [0.05, 0.1) is 0 Å². The van der Waals surface area contributed by atoms with E-state index in [0.29, 0.717) is 16.4 Å². The molecule has 1 aliphatic heterocycles. The monoisotopic (exact) mass is 357 g/mol. The van der Waals surface area contributed by atoms with Crippen LogP contribution in [0.15, 0.2) is 42.5 Å². The van der Waals surface area contributed by atoms with Crippen LogP contribution < -0.4 is 15.5 Å². The minimum Gasteiger partial charge on any atom is -0.372 e. The lowest BCUT2D eigenvalue weighted by Crippen LogP contribution is -2.29. The van der Waals surface area contributed by atoms with Crippen molar-refractivity contribution >= 4 is 40.5 Å². The Morgan fingerprint density at radius 2 is 1.48 bits per heavy atom. The summed E-state index contributed by atoms with van der Waals surface area (Å²) in [6, 6.07) is 12.6. The van der Waals surface area contributed by atoms with Crippen molar-refractivity contribution in [3.63, 3.8) is 0 Å². The van der Waals surface area contributed by atoms with Gasteiger partial charge in [0.2, 0.25) is 0 Å². The second kappa shape index (κ2) is 7.57. The highest BCUT2D eigenvalue weighted by Gasteiger charge is 2.15. The van der Waals surface area contributed by atoms with Crippen LogP contribution in [0.2, 0.25) is 5.02 Å². The summed E-state index contributed by atoms with van der Waals surface area (Å²) in [7, 11) is 0. The molecule has 2 aromatic rings. The molecule has 2 N–H and O–H groups in total. The van der Waals surface area contributed by atoms with Crippen LogP contribution in [0.25, 0.3) is 0 Å². The van der Waals surface area contributed by atoms with Crippen LogP contribution in [0.5, 0.6) is 0 Å². The molecular weight excluding hydrogens is 338 g/mol. The molecule has 1 fully saturated rings. The van der Waals surface area contributed by atoms with Gasteiger partial charge >= 0.3 is 11.8 Å². The van der Waals surface area contributed by atoms with Gasteiger partial charge in [0.1, 0.15) is 0 Å². The maximum Gasteiger partial charge on any atom is 0.314 e. The van der Waals surface area contributed by atoms with Crippen molar-refractivity contribution in [1.82, 2.24) is 0 Å². The summed E-state index contributed by atoms with van der Waals surface area (Å²) in [5.41, 5.74) is 3.11. The Morgan fingerprint density at radius 1 is 0.920 bits per heavy atom. The number of nitrogens with zero attached hydrogens (tertiary/aromatic N) is 1. The fraction of sp³-hybridized carbons (Fsp3) is 0.263. The van der Waals surface area contributed by atoms with E-state index in [1.165, 1.54) is 12.8 Å². The van der Waals surface area contributed by atoms with E-state index in [9.17, 15) is 9.59 Å². The average molecular weight is 358 g/mol. The number of carbonyl (C=O) groups excluding carboxylic acids is 2. The van der Waals surface area contributed by atoms with E-state index in [-0.39, 0.29) is 0 Å². The average Bonchev–Trinajstić information content (AvgIpc) is 3.13. The van der Waals surface area contributed by atoms with Crippen molar-refractivity contribution in [2.24, 2.45) is 0 Å². The van der Waals surface area contributed by atoms with Crippen LogP contribution in [0.1, 0.15) is 18.4 Å². The predicted molar refractivity (Wildman–Crippen MR) is 101 cm³/mol. The first-order chi connectivity index (χ1) is 12.0. The summed E-state index contributed by atoms with van der Waals surface area (Å²) in [6.45, 7) is 3.99.